The molecule has 2 fully saturated rings. The highest BCUT2D eigenvalue weighted by Crippen LogP contribution is 2.48. The van der Waals surface area contributed by atoms with E-state index in [9.17, 15) is 14.5 Å². The van der Waals surface area contributed by atoms with Gasteiger partial charge < -0.3 is 29.6 Å². The number of ether oxygens (including phenoxy) is 3. The topological polar surface area (TPSA) is 182 Å². The molecular formula is C32H38FN6O8P. The highest BCUT2D eigenvalue weighted by Gasteiger charge is 2.56. The van der Waals surface area contributed by atoms with Crippen LogP contribution in [0.2, 0.25) is 0 Å². The Morgan fingerprint density at radius 1 is 1.17 bits per heavy atom. The van der Waals surface area contributed by atoms with E-state index in [1.165, 1.54) is 17.8 Å². The van der Waals surface area contributed by atoms with E-state index in [4.69, 9.17) is 29.0 Å². The Labute approximate surface area is 276 Å². The van der Waals surface area contributed by atoms with E-state index in [0.717, 1.165) is 38.2 Å². The molecule has 2 unspecified atom stereocenters. The van der Waals surface area contributed by atoms with Crippen LogP contribution < -0.4 is 20.1 Å². The molecule has 1 saturated carbocycles. The second-order valence-corrected chi connectivity index (χ2v) is 13.7. The van der Waals surface area contributed by atoms with E-state index in [1.807, 2.05) is 30.3 Å². The van der Waals surface area contributed by atoms with Gasteiger partial charge in [-0.15, -0.1) is 0 Å². The lowest BCUT2D eigenvalue weighted by Crippen LogP contribution is -2.41. The summed E-state index contributed by atoms with van der Waals surface area (Å²) in [4.78, 5) is 25.5. The van der Waals surface area contributed by atoms with Crippen molar-refractivity contribution in [3.63, 3.8) is 0 Å². The quantitative estimate of drug-likeness (QED) is 0.131. The van der Waals surface area contributed by atoms with Gasteiger partial charge in [0, 0.05) is 0 Å². The number of benzene rings is 2. The van der Waals surface area contributed by atoms with Crippen LogP contribution in [0.5, 0.6) is 11.6 Å². The minimum absolute atomic E-state index is 0.0877. The number of rotatable bonds is 13. The first kappa shape index (κ1) is 33.7. The van der Waals surface area contributed by atoms with Gasteiger partial charge in [0.2, 0.25) is 11.8 Å². The molecule has 256 valence electrons. The molecule has 0 radical (unpaired) electrons. The van der Waals surface area contributed by atoms with Gasteiger partial charge in [0.1, 0.15) is 36.7 Å². The molecule has 6 atom stereocenters. The standard InChI is InChI=1S/C32H38FN6O8P/c1-20(29(41)45-22-13-9-10-14-22)38-48(42,47-23-15-7-4-8-16-23)44-18-24-26(40)32(2,33)30(46-24)39-19-35-25-27(39)36-31(34)37-28(25)43-17-21-11-5-3-6-12-21/h3-8,11-12,15-16,19-20,22,24,26,30,40H,9-10,13-14,17-18H2,1-2H3,(H,38,42)(H2,34,36,37)/t20?,24-,26-,30-,32-,48?/m1/s1. The van der Waals surface area contributed by atoms with Gasteiger partial charge in [-0.2, -0.15) is 15.1 Å². The van der Waals surface area contributed by atoms with E-state index in [-0.39, 0.29) is 41.5 Å². The average Bonchev–Trinajstić information content (AvgIpc) is 3.79. The molecule has 4 N–H and O–H groups in total. The van der Waals surface area contributed by atoms with Crippen LogP contribution in [0.4, 0.5) is 10.3 Å². The normalized spacial score (nSPS) is 24.7. The van der Waals surface area contributed by atoms with Crippen LogP contribution in [0.3, 0.4) is 0 Å². The summed E-state index contributed by atoms with van der Waals surface area (Å²) in [7, 11) is -4.32. The van der Waals surface area contributed by atoms with Crippen molar-refractivity contribution in [2.45, 2.75) is 82.4 Å². The molecule has 1 aliphatic heterocycles. The number of aliphatic hydroxyl groups is 1. The van der Waals surface area contributed by atoms with Crippen molar-refractivity contribution in [1.82, 2.24) is 24.6 Å². The predicted octanol–water partition coefficient (Wildman–Crippen LogP) is 4.64. The van der Waals surface area contributed by atoms with Gasteiger partial charge in [0.25, 0.3) is 0 Å². The maximum Gasteiger partial charge on any atom is 0.459 e. The summed E-state index contributed by atoms with van der Waals surface area (Å²) in [6.45, 7) is 2.24. The largest absolute Gasteiger partial charge is 0.471 e. The van der Waals surface area contributed by atoms with Gasteiger partial charge in [-0.05, 0) is 57.2 Å². The number of nitrogens with zero attached hydrogens (tertiary/aromatic N) is 4. The molecule has 0 amide bonds. The Balaban J connectivity index is 1.19. The van der Waals surface area contributed by atoms with Crippen molar-refractivity contribution in [3.05, 3.63) is 72.6 Å². The molecule has 2 aromatic heterocycles. The fourth-order valence-electron chi connectivity index (χ4n) is 5.70. The third-order valence-corrected chi connectivity index (χ3v) is 9.91. The highest BCUT2D eigenvalue weighted by molar-refractivity contribution is 7.52. The molecule has 1 saturated heterocycles. The number of anilines is 1. The zero-order chi connectivity index (χ0) is 33.9. The van der Waals surface area contributed by atoms with Gasteiger partial charge in [0.05, 0.1) is 12.9 Å². The number of alkyl halides is 1. The van der Waals surface area contributed by atoms with Crippen LogP contribution in [-0.4, -0.2) is 67.2 Å². The SMILES string of the molecule is CC(NP(=O)(OC[C@H]1O[C@@H](n2cnc3c(OCc4ccccc4)nc(N)nc32)[C@](C)(F)[C@@H]1O)Oc1ccccc1)C(=O)OC1CCCC1. The number of imidazole rings is 1. The number of carbonyl (C=O) groups is 1. The van der Waals surface area contributed by atoms with E-state index in [1.54, 1.807) is 30.3 Å². The molecule has 3 heterocycles. The Kier molecular flexibility index (Phi) is 9.95. The molecular weight excluding hydrogens is 646 g/mol. The minimum Gasteiger partial charge on any atom is -0.471 e. The summed E-state index contributed by atoms with van der Waals surface area (Å²) >= 11 is 0. The lowest BCUT2D eigenvalue weighted by Gasteiger charge is -2.25. The Morgan fingerprint density at radius 2 is 1.85 bits per heavy atom. The van der Waals surface area contributed by atoms with Crippen LogP contribution in [0, 0.1) is 0 Å². The summed E-state index contributed by atoms with van der Waals surface area (Å²) in [6, 6.07) is 16.5. The predicted molar refractivity (Wildman–Crippen MR) is 172 cm³/mol. The molecule has 14 nitrogen and oxygen atoms in total. The minimum atomic E-state index is -4.32. The van der Waals surface area contributed by atoms with Gasteiger partial charge in [-0.1, -0.05) is 48.5 Å². The lowest BCUT2D eigenvalue weighted by atomic mass is 9.98. The third kappa shape index (κ3) is 7.45. The van der Waals surface area contributed by atoms with Gasteiger partial charge in [-0.25, -0.2) is 13.9 Å². The maximum absolute atomic E-state index is 16.3. The number of aliphatic hydroxyl groups excluding tert-OH is 1. The Morgan fingerprint density at radius 3 is 2.56 bits per heavy atom. The lowest BCUT2D eigenvalue weighted by molar-refractivity contribution is -0.150. The van der Waals surface area contributed by atoms with Crippen molar-refractivity contribution in [3.8, 4) is 11.6 Å². The zero-order valence-corrected chi connectivity index (χ0v) is 27.4. The zero-order valence-electron chi connectivity index (χ0n) is 26.5. The maximum atomic E-state index is 16.3. The molecule has 2 aromatic carbocycles. The number of halogens is 1. The Bertz CT molecular complexity index is 1760. The number of esters is 1. The molecule has 0 bridgehead atoms. The van der Waals surface area contributed by atoms with Gasteiger partial charge in [0.15, 0.2) is 23.1 Å². The monoisotopic (exact) mass is 684 g/mol. The smallest absolute Gasteiger partial charge is 0.459 e. The summed E-state index contributed by atoms with van der Waals surface area (Å²) in [5, 5.41) is 13.7. The summed E-state index contributed by atoms with van der Waals surface area (Å²) in [6.07, 6.45) is 0.0164. The van der Waals surface area contributed by atoms with E-state index in [0.29, 0.717) is 0 Å². The number of nitrogen functional groups attached to an aromatic ring is 1. The van der Waals surface area contributed by atoms with Crippen molar-refractivity contribution >= 4 is 30.8 Å². The third-order valence-electron chi connectivity index (χ3n) is 8.26. The van der Waals surface area contributed by atoms with Crippen LogP contribution >= 0.6 is 7.75 Å². The molecule has 6 rings (SSSR count). The first-order chi connectivity index (χ1) is 23.0. The van der Waals surface area contributed by atoms with Crippen molar-refractivity contribution in [2.75, 3.05) is 12.3 Å². The molecule has 48 heavy (non-hydrogen) atoms. The number of nitrogens with one attached hydrogen (secondary N) is 1. The first-order valence-electron chi connectivity index (χ1n) is 15.7. The second-order valence-electron chi connectivity index (χ2n) is 12.0. The number of aromatic nitrogens is 4. The molecule has 2 aliphatic rings. The van der Waals surface area contributed by atoms with Crippen LogP contribution in [0.15, 0.2) is 67.0 Å². The molecule has 16 heteroatoms. The summed E-state index contributed by atoms with van der Waals surface area (Å²) < 4.78 is 60.4. The fraction of sp³-hybridized carbons (Fsp3) is 0.438. The van der Waals surface area contributed by atoms with E-state index >= 15 is 4.39 Å². The second kappa shape index (κ2) is 14.1. The molecule has 0 spiro atoms. The number of fused-ring (bicyclic) bond motifs is 1. The Hall–Kier alpha value is -4.14. The van der Waals surface area contributed by atoms with Crippen molar-refractivity contribution in [1.29, 1.82) is 0 Å². The van der Waals surface area contributed by atoms with Crippen LogP contribution in [0.1, 0.15) is 51.3 Å². The fourth-order valence-corrected chi connectivity index (χ4v) is 7.20. The molecule has 4 aromatic rings. The summed E-state index contributed by atoms with van der Waals surface area (Å²) in [5.41, 5.74) is 4.78. The number of hydrogen-bond acceptors (Lipinski definition) is 12. The first-order valence-corrected chi connectivity index (χ1v) is 17.2. The van der Waals surface area contributed by atoms with Crippen molar-refractivity contribution in [2.24, 2.45) is 0 Å². The number of nitrogens with two attached hydrogens (primary N) is 1. The van der Waals surface area contributed by atoms with Crippen LogP contribution in [0.25, 0.3) is 11.2 Å². The number of carbonyl (C=O) groups excluding carboxylic acids is 1. The van der Waals surface area contributed by atoms with E-state index in [2.05, 4.69) is 20.0 Å². The highest BCUT2D eigenvalue weighted by atomic mass is 31.2. The number of hydrogen-bond donors (Lipinski definition) is 3. The van der Waals surface area contributed by atoms with Gasteiger partial charge >= 0.3 is 13.7 Å². The summed E-state index contributed by atoms with van der Waals surface area (Å²) in [5.74, 6) is -0.476. The number of para-hydroxylation sites is 1. The molecule has 1 aliphatic carbocycles. The van der Waals surface area contributed by atoms with Crippen molar-refractivity contribution < 1.29 is 42.1 Å². The van der Waals surface area contributed by atoms with E-state index < -0.39 is 50.5 Å². The average molecular weight is 685 g/mol. The van der Waals surface area contributed by atoms with Crippen LogP contribution in [-0.2, 0) is 30.0 Å². The van der Waals surface area contributed by atoms with Gasteiger partial charge in [-0.3, -0.25) is 13.9 Å².